The zero-order valence-corrected chi connectivity index (χ0v) is 63.1. The highest BCUT2D eigenvalue weighted by molar-refractivity contribution is 5.92. The number of fused-ring (bicyclic) bond motifs is 5. The number of amides is 5. The molecule has 5 amide bonds. The van der Waals surface area contributed by atoms with E-state index in [1.165, 1.54) is 34.6 Å². The first kappa shape index (κ1) is 34.7. The zero-order chi connectivity index (χ0) is 147. The Balaban J connectivity index is 0.000000218. The Morgan fingerprint density at radius 2 is 0.642 bits per heavy atom. The number of carbonyl (C=O) groups excluding carboxylic acids is 5. The largest absolute Gasteiger partial charge is 0.354 e. The smallest absolute Gasteiger partial charge is 0.302 e. The van der Waals surface area contributed by atoms with Crippen molar-refractivity contribution >= 4 is 114 Å². The van der Waals surface area contributed by atoms with Crippen molar-refractivity contribution in [2.24, 2.45) is 29.5 Å². The van der Waals surface area contributed by atoms with E-state index in [1.807, 2.05) is 0 Å². The second kappa shape index (κ2) is 39.4. The predicted octanol–water partition coefficient (Wildman–Crippen LogP) is 9.29. The second-order valence-electron chi connectivity index (χ2n) is 24.7. The third-order valence-electron chi connectivity index (χ3n) is 16.4. The Morgan fingerprint density at radius 3 is 0.950 bits per heavy atom. The molecule has 15 heterocycles. The third kappa shape index (κ3) is 20.2. The number of aromatic nitrogens is 15. The summed E-state index contributed by atoms with van der Waals surface area (Å²) in [4.78, 5) is 128. The lowest BCUT2D eigenvalue weighted by molar-refractivity contribution is -0.131. The number of rotatable bonds is 15. The average Bonchev–Trinajstić information content (AvgIpc) is 1.42. The monoisotopic (exact) mass is 1700 g/mol. The maximum Gasteiger partial charge on any atom is 0.302 e. The number of H-pyrrole nitrogens is 5. The van der Waals surface area contributed by atoms with Gasteiger partial charge in [0.25, 0.3) is 32.5 Å². The highest BCUT2D eigenvalue weighted by Crippen LogP contribution is 2.36. The minimum atomic E-state index is -4.15. The first-order chi connectivity index (χ1) is 84.3. The van der Waals surface area contributed by atoms with E-state index < -0.39 is 327 Å². The lowest BCUT2D eigenvalue weighted by atomic mass is 9.92. The van der Waals surface area contributed by atoms with E-state index in [-0.39, 0.29) is 127 Å². The molecule has 0 saturated carbocycles. The summed E-state index contributed by atoms with van der Waals surface area (Å²) < 4.78 is 571. The van der Waals surface area contributed by atoms with E-state index in [4.69, 9.17) is 126 Å². The molecular weight excluding hydrogens is 1520 g/mol. The van der Waals surface area contributed by atoms with Crippen LogP contribution in [0.1, 0.15) is 189 Å². The number of carbonyl (C=O) groups is 5. The van der Waals surface area contributed by atoms with Crippen molar-refractivity contribution in [1.82, 2.24) is 99.3 Å². The molecule has 10 aromatic rings. The van der Waals surface area contributed by atoms with Crippen LogP contribution in [0.15, 0.2) is 61.8 Å². The van der Waals surface area contributed by atoms with Crippen LogP contribution >= 0.6 is 0 Å². The maximum absolute atomic E-state index is 13.1. The van der Waals surface area contributed by atoms with Crippen molar-refractivity contribution in [3.63, 3.8) is 0 Å². The molecule has 630 valence electrons. The molecule has 15 rings (SSSR count). The van der Waals surface area contributed by atoms with Crippen molar-refractivity contribution < 1.29 is 119 Å². The van der Waals surface area contributed by atoms with Crippen molar-refractivity contribution in [3.8, 4) is 0 Å². The van der Waals surface area contributed by atoms with E-state index in [0.29, 0.717) is 4.90 Å². The van der Waals surface area contributed by atoms with E-state index in [0.717, 1.165) is 52.4 Å². The molecule has 0 aliphatic carbocycles. The van der Waals surface area contributed by atoms with Crippen molar-refractivity contribution in [3.05, 3.63) is 147 Å². The molecule has 5 aliphatic rings. The molecule has 0 radical (unpaired) electrons. The Bertz CT molecular complexity index is 8900. The highest BCUT2D eigenvalue weighted by Gasteiger charge is 2.39. The van der Waals surface area contributed by atoms with Crippen LogP contribution in [0.5, 0.6) is 0 Å². The van der Waals surface area contributed by atoms with Crippen LogP contribution in [-0.2, 0) is 24.0 Å². The summed E-state index contributed by atoms with van der Waals surface area (Å²) in [7, 11) is 0. The van der Waals surface area contributed by atoms with Gasteiger partial charge in [0.05, 0.1) is 79.0 Å². The van der Waals surface area contributed by atoms with E-state index in [2.05, 4.69) is 99.0 Å². The SMILES string of the molecule is [2H]c1c(C)[nH]c2ncnc(N(C([2H])([2H])[2H])[C@]3([2H])[C@H](C)C([2H])([2H])C([2H])([2H])N(C(=O)C([2H])([2H])[N+]#[C-])C3([2H])[2H])c12.[2H]c1c(C)[nH]c2ncnc(N([C@@H]3[C@H](C([2H])([2H])[2H])C([2H])([2H])C([2H])([2H])N(C(=O)C([2H])([2H])[N+]#[C-])C3([2H])[2H])C([2H])([2H])[2H])c12.[2H]c1c(C)[nH]c2ncnc(N([C@@H]3[C@H](C)C([2H])([2H])C([2H])([2H])N(C(=O)C([2H])([2H])[N+]#[C-])C3([2H])[2H])C([2H])([2H])[2H])c12.[2H]c1c(C)[nH]c2ncnc(N([C@H]3C([2H])([2H])N(C(=O)C([2H])([2H])[N+]#[C-])C([2H])([2H])C([2H])([2H])[C@@]3([2H])C([2H])([2H])[2H])C([2H])([2H])[2H])c12.[2H]c1c(C)[nH]c2ncnc(N([C@H]3C([2H])([2H])N(C(=O)C([2H])([2H])[N+]#[C-])C([2H])([2H])C([2H])([2H])[C@@]3([2H])C)C([2H])([2H])[2H])c12. The Kier molecular flexibility index (Phi) is 11.4. The van der Waals surface area contributed by atoms with Crippen LogP contribution in [0.3, 0.4) is 0 Å². The van der Waals surface area contributed by atoms with Gasteiger partial charge in [-0.1, -0.05) is 34.5 Å². The first-order valence-electron chi connectivity index (χ1n) is 68.4. The quantitative estimate of drug-likeness (QED) is 0.0597. The molecule has 0 bridgehead atoms. The summed E-state index contributed by atoms with van der Waals surface area (Å²) in [6, 6.07) is -15.7. The predicted molar refractivity (Wildman–Crippen MR) is 463 cm³/mol. The van der Waals surface area contributed by atoms with Crippen LogP contribution in [0.2, 0.25) is 0 Å². The van der Waals surface area contributed by atoms with E-state index in [1.54, 1.807) is 0 Å². The van der Waals surface area contributed by atoms with E-state index in [9.17, 15) is 25.3 Å². The molecule has 0 unspecified atom stereocenters. The fourth-order valence-electron chi connectivity index (χ4n) is 10.9. The van der Waals surface area contributed by atoms with E-state index >= 15 is 0 Å². The van der Waals surface area contributed by atoms with Crippen LogP contribution in [-0.4, -0.2) is 291 Å². The van der Waals surface area contributed by atoms with Crippen LogP contribution < -0.4 is 24.5 Å². The van der Waals surface area contributed by atoms with Gasteiger partial charge in [-0.3, -0.25) is 24.0 Å². The second-order valence-corrected chi connectivity index (χ2v) is 24.7. The summed E-state index contributed by atoms with van der Waals surface area (Å²) in [6.07, 6.45) is -13.6. The minimum absolute atomic E-state index is 0.0274. The van der Waals surface area contributed by atoms with Gasteiger partial charge in [-0.2, -0.15) is 0 Å². The van der Waals surface area contributed by atoms with Gasteiger partial charge < -0.3 is 98.1 Å². The standard InChI is InChI=1S/5C17H22N6O/c5*1-11-5-6-23(15(24)8-18-3)9-14(11)22(4)17-13-7-12(2)21-16(13)19-10-20-17/h5*7,10-11,14H,5-6,8-9H2,1-2,4H3,(H,19,20,21)/t5*11-,14+/m11111/s1/i1D3,4D3,5D2,6D2,7D,8D2,9D2,11D;4D3,5D2,6D2,7D,8D2,9D2,14D;4D3,5D2,6D2,7D,8D2,9D2,11D;1D3,4D3,5D2,6D2,7D,8D2,9D2;4D3,5D2,6D2,7D,8D2,9D2. The fourth-order valence-corrected chi connectivity index (χ4v) is 10.9. The number of anilines is 5. The number of likely N-dealkylation sites (tertiary alicyclic amines) is 5. The van der Waals surface area contributed by atoms with Gasteiger partial charge >= 0.3 is 29.5 Å². The number of hydrogen-bond acceptors (Lipinski definition) is 20. The first-order valence-corrected chi connectivity index (χ1v) is 33.9. The van der Waals surface area contributed by atoms with Crippen molar-refractivity contribution in [2.75, 3.05) is 157 Å². The summed E-state index contributed by atoms with van der Waals surface area (Å²) >= 11 is 0. The molecule has 35 nitrogen and oxygen atoms in total. The number of aromatic amines is 5. The van der Waals surface area contributed by atoms with Gasteiger partial charge in [0.15, 0.2) is 0 Å². The van der Waals surface area contributed by atoms with Crippen LogP contribution in [0.25, 0.3) is 79.4 Å². The van der Waals surface area contributed by atoms with Gasteiger partial charge in [0.1, 0.15) is 103 Å². The van der Waals surface area contributed by atoms with Gasteiger partial charge in [-0.15, -0.1) is 0 Å². The van der Waals surface area contributed by atoms with Gasteiger partial charge in [-0.25, -0.2) is 82.7 Å². The summed E-state index contributed by atoms with van der Waals surface area (Å²) in [5.74, 6) is -27.9. The lowest BCUT2D eigenvalue weighted by Crippen LogP contribution is -2.53. The molecule has 120 heavy (non-hydrogen) atoms. The number of likely N-dealkylation sites (N-methyl/N-ethyl adjacent to an activating group) is 5. The Labute approximate surface area is 797 Å². The topological polar surface area (TPSA) is 347 Å². The Morgan fingerprint density at radius 1 is 0.383 bits per heavy atom. The summed E-state index contributed by atoms with van der Waals surface area (Å²) in [6.45, 7) is -35.6. The van der Waals surface area contributed by atoms with Crippen LogP contribution in [0.4, 0.5) is 29.1 Å². The van der Waals surface area contributed by atoms with Crippen LogP contribution in [0, 0.1) is 97.0 Å². The molecule has 5 fully saturated rings. The molecule has 5 saturated heterocycles. The molecule has 10 aromatic heterocycles. The number of nitrogens with one attached hydrogen (secondary N) is 5. The van der Waals surface area contributed by atoms with Gasteiger partial charge in [0, 0.05) is 187 Å². The maximum atomic E-state index is 13.1. The zero-order valence-electron chi connectivity index (χ0n) is 132. The average molecular weight is 1700 g/mol. The fraction of sp³-hybridized carbons (Fsp3) is 0.529. The van der Waals surface area contributed by atoms with Gasteiger partial charge in [0.2, 0.25) is 0 Å². The van der Waals surface area contributed by atoms with Crippen molar-refractivity contribution in [2.45, 2.75) is 131 Å². The molecule has 10 atom stereocenters. The number of hydrogen-bond donors (Lipinski definition) is 5. The summed E-state index contributed by atoms with van der Waals surface area (Å²) in [5, 5.41) is -1.31. The Hall–Kier alpha value is -13.1. The summed E-state index contributed by atoms with van der Waals surface area (Å²) in [5.41, 5.74) is 0.714. The molecule has 5 N–H and O–H groups in total. The van der Waals surface area contributed by atoms with Gasteiger partial charge in [-0.05, 0) is 126 Å². The molecule has 35 heteroatoms. The number of aryl methyl sites for hydroxylation is 5. The van der Waals surface area contributed by atoms with Crippen molar-refractivity contribution in [1.29, 1.82) is 0 Å². The highest BCUT2D eigenvalue weighted by atomic mass is 16.2. The number of piperidine rings is 5. The molecule has 0 aromatic carbocycles. The number of nitrogens with zero attached hydrogens (tertiary/aromatic N) is 25. The third-order valence-corrected chi connectivity index (χ3v) is 16.4. The molecule has 5 aliphatic heterocycles. The minimum Gasteiger partial charge on any atom is -0.354 e. The molecule has 0 spiro atoms. The molecular formula is C85H110N30O5. The lowest BCUT2D eigenvalue weighted by Gasteiger charge is -2.41. The normalized spacial score (nSPS) is 38.8.